The molecule has 0 aliphatic rings. The molecule has 0 saturated heterocycles. The van der Waals surface area contributed by atoms with E-state index in [1.807, 2.05) is 0 Å². The summed E-state index contributed by atoms with van der Waals surface area (Å²) in [6, 6.07) is 7.53. The summed E-state index contributed by atoms with van der Waals surface area (Å²) in [6.07, 6.45) is 1.64. The van der Waals surface area contributed by atoms with Gasteiger partial charge in [0.25, 0.3) is 0 Å². The lowest BCUT2D eigenvalue weighted by atomic mass is 10.1. The molecular formula is C18H17Cl2N5O3. The molecule has 0 radical (unpaired) electrons. The molecule has 0 bridgehead atoms. The van der Waals surface area contributed by atoms with Crippen LogP contribution in [-0.2, 0) is 16.0 Å². The molecule has 1 aromatic carbocycles. The molecule has 3 rings (SSSR count). The van der Waals surface area contributed by atoms with E-state index in [1.165, 1.54) is 4.57 Å². The van der Waals surface area contributed by atoms with E-state index in [1.54, 1.807) is 36.5 Å². The lowest BCUT2D eigenvalue weighted by Crippen LogP contribution is -2.30. The number of nitrogens with zero attached hydrogens (tertiary/aromatic N) is 3. The van der Waals surface area contributed by atoms with Crippen LogP contribution in [0.4, 0.5) is 5.95 Å². The first kappa shape index (κ1) is 20.1. The van der Waals surface area contributed by atoms with Gasteiger partial charge in [-0.05, 0) is 29.8 Å². The fraction of sp³-hybridized carbons (Fsp3) is 0.222. The summed E-state index contributed by atoms with van der Waals surface area (Å²) < 4.78 is 1.48. The molecule has 0 saturated carbocycles. The summed E-state index contributed by atoms with van der Waals surface area (Å²) in [5.41, 5.74) is 7.27. The van der Waals surface area contributed by atoms with Crippen molar-refractivity contribution in [3.8, 4) is 0 Å². The monoisotopic (exact) mass is 421 g/mol. The van der Waals surface area contributed by atoms with Crippen molar-refractivity contribution in [2.75, 3.05) is 11.9 Å². The van der Waals surface area contributed by atoms with Crippen molar-refractivity contribution < 1.29 is 14.7 Å². The average molecular weight is 422 g/mol. The van der Waals surface area contributed by atoms with Crippen LogP contribution in [0.15, 0.2) is 36.5 Å². The molecular weight excluding hydrogens is 405 g/mol. The van der Waals surface area contributed by atoms with E-state index in [0.29, 0.717) is 21.2 Å². The molecule has 146 valence electrons. The van der Waals surface area contributed by atoms with Gasteiger partial charge in [0.15, 0.2) is 5.65 Å². The molecule has 3 aromatic rings. The van der Waals surface area contributed by atoms with Crippen LogP contribution in [0.25, 0.3) is 11.2 Å². The van der Waals surface area contributed by atoms with E-state index >= 15 is 0 Å². The minimum Gasteiger partial charge on any atom is -0.396 e. The second-order valence-corrected chi connectivity index (χ2v) is 6.86. The molecule has 0 fully saturated rings. The maximum Gasteiger partial charge on any atom is 0.241 e. The van der Waals surface area contributed by atoms with Gasteiger partial charge in [-0.2, -0.15) is 0 Å². The highest BCUT2D eigenvalue weighted by atomic mass is 35.5. The molecule has 8 nitrogen and oxygen atoms in total. The van der Waals surface area contributed by atoms with Gasteiger partial charge < -0.3 is 10.8 Å². The van der Waals surface area contributed by atoms with Crippen molar-refractivity contribution in [3.63, 3.8) is 0 Å². The minimum absolute atomic E-state index is 0.106. The Morgan fingerprint density at radius 1 is 1.25 bits per heavy atom. The minimum atomic E-state index is -0.887. The molecule has 0 aliphatic carbocycles. The molecule has 1 atom stereocenters. The van der Waals surface area contributed by atoms with Gasteiger partial charge in [-0.15, -0.1) is 0 Å². The number of rotatable bonds is 7. The number of anilines is 1. The third-order valence-electron chi connectivity index (χ3n) is 4.09. The van der Waals surface area contributed by atoms with Crippen molar-refractivity contribution >= 4 is 52.1 Å². The van der Waals surface area contributed by atoms with Gasteiger partial charge in [0, 0.05) is 12.6 Å². The van der Waals surface area contributed by atoms with Crippen LogP contribution in [0.1, 0.15) is 18.0 Å². The van der Waals surface area contributed by atoms with Gasteiger partial charge in [0.1, 0.15) is 11.6 Å². The number of carbonyl (C=O) groups excluding carboxylic acids is 2. The highest BCUT2D eigenvalue weighted by Gasteiger charge is 2.26. The third kappa shape index (κ3) is 4.24. The van der Waals surface area contributed by atoms with Crippen LogP contribution in [0, 0.1) is 0 Å². The lowest BCUT2D eigenvalue weighted by Gasteiger charge is -2.19. The molecule has 4 N–H and O–H groups in total. The zero-order valence-corrected chi connectivity index (χ0v) is 16.1. The Balaban J connectivity index is 2.07. The smallest absolute Gasteiger partial charge is 0.241 e. The van der Waals surface area contributed by atoms with Crippen LogP contribution in [-0.4, -0.2) is 38.1 Å². The van der Waals surface area contributed by atoms with E-state index in [2.05, 4.69) is 15.3 Å². The van der Waals surface area contributed by atoms with Gasteiger partial charge >= 0.3 is 0 Å². The van der Waals surface area contributed by atoms with Crippen molar-refractivity contribution in [2.24, 2.45) is 5.73 Å². The van der Waals surface area contributed by atoms with Gasteiger partial charge in [-0.25, -0.2) is 9.97 Å². The number of nitrogens with two attached hydrogens (primary N) is 1. The van der Waals surface area contributed by atoms with E-state index in [4.69, 9.17) is 34.0 Å². The number of imidazole rings is 1. The van der Waals surface area contributed by atoms with E-state index in [-0.39, 0.29) is 25.4 Å². The standard InChI is InChI=1S/C18H17Cl2N5O3/c19-11-4-3-10(8-12(11)20)9-14(16(21)28)25-17-13(2-1-6-22-17)23-18(25)24-15(27)5-7-26/h1-4,6,8,14,26H,5,7,9H2,(H2,21,28)(H,23,24,27). The number of carbonyl (C=O) groups is 2. The Labute approximate surface area is 170 Å². The van der Waals surface area contributed by atoms with Crippen LogP contribution >= 0.6 is 23.2 Å². The van der Waals surface area contributed by atoms with Crippen LogP contribution in [0.2, 0.25) is 10.0 Å². The molecule has 2 aromatic heterocycles. The highest BCUT2D eigenvalue weighted by molar-refractivity contribution is 6.42. The molecule has 2 amide bonds. The highest BCUT2D eigenvalue weighted by Crippen LogP contribution is 2.28. The maximum atomic E-state index is 12.3. The fourth-order valence-corrected chi connectivity index (χ4v) is 3.13. The Morgan fingerprint density at radius 3 is 2.71 bits per heavy atom. The van der Waals surface area contributed by atoms with Gasteiger partial charge in [0.2, 0.25) is 17.8 Å². The first-order chi connectivity index (χ1) is 13.4. The molecule has 0 aliphatic heterocycles. The fourth-order valence-electron chi connectivity index (χ4n) is 2.81. The summed E-state index contributed by atoms with van der Waals surface area (Å²) in [5, 5.41) is 12.3. The largest absolute Gasteiger partial charge is 0.396 e. The molecule has 0 spiro atoms. The molecule has 1 unspecified atom stereocenters. The van der Waals surface area contributed by atoms with Gasteiger partial charge in [-0.3, -0.25) is 19.5 Å². The predicted molar refractivity (Wildman–Crippen MR) is 106 cm³/mol. The van der Waals surface area contributed by atoms with Gasteiger partial charge in [-0.1, -0.05) is 29.3 Å². The van der Waals surface area contributed by atoms with Crippen molar-refractivity contribution in [1.82, 2.24) is 14.5 Å². The number of hydrogen-bond donors (Lipinski definition) is 3. The quantitative estimate of drug-likeness (QED) is 0.539. The number of benzene rings is 1. The maximum absolute atomic E-state index is 12.3. The Hall–Kier alpha value is -2.68. The van der Waals surface area contributed by atoms with E-state index < -0.39 is 17.9 Å². The van der Waals surface area contributed by atoms with Crippen molar-refractivity contribution in [2.45, 2.75) is 18.9 Å². The van der Waals surface area contributed by atoms with Crippen molar-refractivity contribution in [3.05, 3.63) is 52.1 Å². The Kier molecular flexibility index (Phi) is 6.13. The number of aromatic nitrogens is 3. The summed E-state index contributed by atoms with van der Waals surface area (Å²) in [6.45, 7) is -0.313. The summed E-state index contributed by atoms with van der Waals surface area (Å²) in [5.74, 6) is -0.957. The van der Waals surface area contributed by atoms with E-state index in [9.17, 15) is 9.59 Å². The van der Waals surface area contributed by atoms with E-state index in [0.717, 1.165) is 5.56 Å². The second-order valence-electron chi connectivity index (χ2n) is 6.04. The summed E-state index contributed by atoms with van der Waals surface area (Å²) >= 11 is 12.0. The Bertz CT molecular complexity index is 1040. The Morgan fingerprint density at radius 2 is 2.04 bits per heavy atom. The summed E-state index contributed by atoms with van der Waals surface area (Å²) in [7, 11) is 0. The third-order valence-corrected chi connectivity index (χ3v) is 4.83. The van der Waals surface area contributed by atoms with Crippen LogP contribution in [0.3, 0.4) is 0 Å². The molecule has 10 heteroatoms. The first-order valence-corrected chi connectivity index (χ1v) is 9.13. The topological polar surface area (TPSA) is 123 Å². The summed E-state index contributed by atoms with van der Waals surface area (Å²) in [4.78, 5) is 32.9. The second kappa shape index (κ2) is 8.55. The normalized spacial score (nSPS) is 12.1. The first-order valence-electron chi connectivity index (χ1n) is 8.37. The number of amides is 2. The average Bonchev–Trinajstić information content (AvgIpc) is 3.00. The molecule has 28 heavy (non-hydrogen) atoms. The number of aliphatic hydroxyl groups excluding tert-OH is 1. The van der Waals surface area contributed by atoms with Crippen LogP contribution in [0.5, 0.6) is 0 Å². The van der Waals surface area contributed by atoms with Gasteiger partial charge in [0.05, 0.1) is 23.1 Å². The number of nitrogens with one attached hydrogen (secondary N) is 1. The predicted octanol–water partition coefficient (Wildman–Crippen LogP) is 2.33. The van der Waals surface area contributed by atoms with Crippen LogP contribution < -0.4 is 11.1 Å². The zero-order chi connectivity index (χ0) is 20.3. The number of aliphatic hydroxyl groups is 1. The lowest BCUT2D eigenvalue weighted by molar-refractivity contribution is -0.121. The number of primary amides is 1. The number of pyridine rings is 1. The zero-order valence-electron chi connectivity index (χ0n) is 14.6. The number of hydrogen-bond acceptors (Lipinski definition) is 5. The number of fused-ring (bicyclic) bond motifs is 1. The number of halogens is 2. The SMILES string of the molecule is NC(=O)C(Cc1ccc(Cl)c(Cl)c1)n1c(NC(=O)CCO)nc2cccnc21. The van der Waals surface area contributed by atoms with Crippen molar-refractivity contribution in [1.29, 1.82) is 0 Å². The molecule has 2 heterocycles.